The third kappa shape index (κ3) is 3.84. The van der Waals surface area contributed by atoms with E-state index in [1.807, 2.05) is 54.7 Å². The molecular weight excluding hydrogens is 613 g/mol. The zero-order valence-corrected chi connectivity index (χ0v) is 26.7. The smallest absolute Gasteiger partial charge is 0.165 e. The lowest BCUT2D eigenvalue weighted by Crippen LogP contribution is -2.05. The minimum atomic E-state index is 0.763. The first kappa shape index (κ1) is 27.1. The molecule has 0 atom stereocenters. The fourth-order valence-corrected chi connectivity index (χ4v) is 7.69. The number of hydrogen-bond acceptors (Lipinski definition) is 4. The van der Waals surface area contributed by atoms with Crippen molar-refractivity contribution >= 4 is 76.5 Å². The Morgan fingerprint density at radius 1 is 0.400 bits per heavy atom. The summed E-state index contributed by atoms with van der Waals surface area (Å²) in [4.78, 5) is 20.8. The fourth-order valence-electron chi connectivity index (χ4n) is 7.69. The van der Waals surface area contributed by atoms with Crippen LogP contribution < -0.4 is 0 Å². The molecule has 0 aliphatic rings. The number of benzene rings is 7. The summed E-state index contributed by atoms with van der Waals surface area (Å²) >= 11 is 0. The van der Waals surface area contributed by atoms with E-state index in [0.717, 1.165) is 94.0 Å². The zero-order chi connectivity index (χ0) is 32.8. The summed E-state index contributed by atoms with van der Waals surface area (Å²) in [5, 5.41) is 6.90. The summed E-state index contributed by atoms with van der Waals surface area (Å²) in [5.74, 6) is 1.54. The highest BCUT2D eigenvalue weighted by molar-refractivity contribution is 6.24. The molecule has 0 radical (unpaired) electrons. The lowest BCUT2D eigenvalue weighted by atomic mass is 10.0. The third-order valence-electron chi connectivity index (χ3n) is 9.92. The normalized spacial score (nSPS) is 12.0. The van der Waals surface area contributed by atoms with Crippen molar-refractivity contribution in [2.24, 2.45) is 0 Å². The van der Waals surface area contributed by atoms with Gasteiger partial charge in [0.1, 0.15) is 5.69 Å². The van der Waals surface area contributed by atoms with Crippen LogP contribution in [0.1, 0.15) is 0 Å². The summed E-state index contributed by atoms with van der Waals surface area (Å²) < 4.78 is 4.59. The van der Waals surface area contributed by atoms with Gasteiger partial charge in [0, 0.05) is 27.1 Å². The maximum Gasteiger partial charge on any atom is 0.165 e. The Balaban J connectivity index is 1.34. The van der Waals surface area contributed by atoms with Crippen LogP contribution in [0.25, 0.3) is 99.3 Å². The van der Waals surface area contributed by atoms with E-state index in [4.69, 9.17) is 19.9 Å². The maximum atomic E-state index is 5.44. The highest BCUT2D eigenvalue weighted by Gasteiger charge is 2.24. The van der Waals surface area contributed by atoms with Crippen LogP contribution >= 0.6 is 0 Å². The van der Waals surface area contributed by atoms with E-state index in [2.05, 4.69) is 112 Å². The Kier molecular flexibility index (Phi) is 5.57. The van der Waals surface area contributed by atoms with E-state index in [0.29, 0.717) is 0 Å². The Morgan fingerprint density at radius 2 is 0.960 bits per heavy atom. The van der Waals surface area contributed by atoms with Gasteiger partial charge in [0.15, 0.2) is 11.6 Å². The van der Waals surface area contributed by atoms with Gasteiger partial charge in [-0.05, 0) is 53.2 Å². The second-order valence-electron chi connectivity index (χ2n) is 12.7. The molecule has 0 aliphatic carbocycles. The van der Waals surface area contributed by atoms with Crippen molar-refractivity contribution in [3.05, 3.63) is 158 Å². The van der Waals surface area contributed by atoms with Gasteiger partial charge in [0.05, 0.1) is 50.3 Å². The van der Waals surface area contributed by atoms with E-state index in [1.165, 1.54) is 5.39 Å². The van der Waals surface area contributed by atoms with Crippen molar-refractivity contribution < 1.29 is 0 Å². The van der Waals surface area contributed by atoms with E-state index in [-0.39, 0.29) is 0 Å². The molecule has 7 aromatic carbocycles. The highest BCUT2D eigenvalue weighted by atomic mass is 15.1. The van der Waals surface area contributed by atoms with Gasteiger partial charge in [-0.1, -0.05) is 109 Å². The van der Waals surface area contributed by atoms with Crippen LogP contribution in [0.5, 0.6) is 0 Å². The molecular formula is C44H26N6. The molecule has 0 aliphatic heterocycles. The van der Waals surface area contributed by atoms with Crippen LogP contribution in [-0.2, 0) is 0 Å². The maximum absolute atomic E-state index is 5.44. The van der Waals surface area contributed by atoms with Crippen LogP contribution in [0.3, 0.4) is 0 Å². The number of aromatic nitrogens is 6. The number of hydrogen-bond donors (Lipinski definition) is 0. The lowest BCUT2D eigenvalue weighted by molar-refractivity contribution is 1.06. The molecule has 6 heteroatoms. The molecule has 0 saturated heterocycles. The monoisotopic (exact) mass is 638 g/mol. The summed E-state index contributed by atoms with van der Waals surface area (Å²) in [5.41, 5.74) is 9.45. The Labute approximate surface area is 285 Å². The molecule has 4 heterocycles. The minimum absolute atomic E-state index is 0.763. The van der Waals surface area contributed by atoms with Crippen LogP contribution in [0.15, 0.2) is 158 Å². The molecule has 50 heavy (non-hydrogen) atoms. The standard InChI is InChI=1S/C44H26N6/c1-2-12-28-25-29(22-21-27(28)11-1)41-44(48-37-18-8-7-17-36(37)47-41)50-39-20-10-4-14-31(39)33-24-23-32-30-13-3-9-19-38(30)49(42(32)43(33)50)40-26-45-34-15-5-6-16-35(34)46-40/h1-26H. The molecule has 232 valence electrons. The van der Waals surface area contributed by atoms with Gasteiger partial charge in [-0.3, -0.25) is 14.1 Å². The van der Waals surface area contributed by atoms with Crippen molar-refractivity contribution in [3.8, 4) is 22.9 Å². The largest absolute Gasteiger partial charge is 0.290 e. The average Bonchev–Trinajstić information content (AvgIpc) is 3.70. The number of para-hydroxylation sites is 6. The number of fused-ring (bicyclic) bond motifs is 10. The fraction of sp³-hybridized carbons (Fsp3) is 0. The molecule has 0 bridgehead atoms. The van der Waals surface area contributed by atoms with E-state index in [1.54, 1.807) is 0 Å². The first-order valence-electron chi connectivity index (χ1n) is 16.7. The van der Waals surface area contributed by atoms with Crippen molar-refractivity contribution in [1.82, 2.24) is 29.1 Å². The molecule has 0 spiro atoms. The van der Waals surface area contributed by atoms with Crippen molar-refractivity contribution in [2.75, 3.05) is 0 Å². The lowest BCUT2D eigenvalue weighted by Gasteiger charge is -2.15. The minimum Gasteiger partial charge on any atom is -0.290 e. The van der Waals surface area contributed by atoms with Crippen LogP contribution in [-0.4, -0.2) is 29.1 Å². The molecule has 0 amide bonds. The van der Waals surface area contributed by atoms with E-state index in [9.17, 15) is 0 Å². The van der Waals surface area contributed by atoms with Gasteiger partial charge in [0.2, 0.25) is 0 Å². The third-order valence-corrected chi connectivity index (χ3v) is 9.92. The van der Waals surface area contributed by atoms with Crippen molar-refractivity contribution in [1.29, 1.82) is 0 Å². The summed E-state index contributed by atoms with van der Waals surface area (Å²) in [6.07, 6.45) is 1.89. The number of nitrogens with zero attached hydrogens (tertiary/aromatic N) is 6. The Morgan fingerprint density at radius 3 is 1.70 bits per heavy atom. The Hall–Kier alpha value is -6.92. The van der Waals surface area contributed by atoms with Crippen molar-refractivity contribution in [2.45, 2.75) is 0 Å². The molecule has 0 saturated carbocycles. The molecule has 0 N–H and O–H groups in total. The van der Waals surface area contributed by atoms with Gasteiger partial charge >= 0.3 is 0 Å². The second-order valence-corrected chi connectivity index (χ2v) is 12.7. The average molecular weight is 639 g/mol. The van der Waals surface area contributed by atoms with E-state index >= 15 is 0 Å². The summed E-state index contributed by atoms with van der Waals surface area (Å²) in [6, 6.07) is 52.8. The van der Waals surface area contributed by atoms with Gasteiger partial charge < -0.3 is 0 Å². The quantitative estimate of drug-likeness (QED) is 0.193. The highest BCUT2D eigenvalue weighted by Crippen LogP contribution is 2.42. The number of rotatable bonds is 3. The van der Waals surface area contributed by atoms with E-state index < -0.39 is 0 Å². The molecule has 11 aromatic rings. The molecule has 6 nitrogen and oxygen atoms in total. The van der Waals surface area contributed by atoms with Crippen LogP contribution in [0.2, 0.25) is 0 Å². The van der Waals surface area contributed by atoms with Gasteiger partial charge in [0.25, 0.3) is 0 Å². The molecule has 4 aromatic heterocycles. The van der Waals surface area contributed by atoms with Crippen LogP contribution in [0.4, 0.5) is 0 Å². The molecule has 0 unspecified atom stereocenters. The summed E-state index contributed by atoms with van der Waals surface area (Å²) in [7, 11) is 0. The summed E-state index contributed by atoms with van der Waals surface area (Å²) in [6.45, 7) is 0. The second kappa shape index (κ2) is 10.3. The SMILES string of the molecule is c1ccc2cc(-c3nc4ccccc4nc3-n3c4ccccc4c4ccc5c6ccccc6n(-c6cnc7ccccc7n6)c5c43)ccc2c1. The predicted molar refractivity (Wildman–Crippen MR) is 204 cm³/mol. The molecule has 11 rings (SSSR count). The van der Waals surface area contributed by atoms with Gasteiger partial charge in [-0.2, -0.15) is 0 Å². The first-order valence-corrected chi connectivity index (χ1v) is 16.7. The molecule has 0 fully saturated rings. The van der Waals surface area contributed by atoms with Gasteiger partial charge in [-0.25, -0.2) is 15.0 Å². The first-order chi connectivity index (χ1) is 24.8. The van der Waals surface area contributed by atoms with Crippen LogP contribution in [0, 0.1) is 0 Å². The zero-order valence-electron chi connectivity index (χ0n) is 26.7. The Bertz CT molecular complexity index is 3170. The predicted octanol–water partition coefficient (Wildman–Crippen LogP) is 10.6. The van der Waals surface area contributed by atoms with Gasteiger partial charge in [-0.15, -0.1) is 0 Å². The topological polar surface area (TPSA) is 61.4 Å². The van der Waals surface area contributed by atoms with Crippen molar-refractivity contribution in [3.63, 3.8) is 0 Å².